The highest BCUT2D eigenvalue weighted by Crippen LogP contribution is 2.54. The molecular weight excluding hydrogens is 222 g/mol. The third-order valence-electron chi connectivity index (χ3n) is 3.80. The van der Waals surface area contributed by atoms with Crippen molar-refractivity contribution < 1.29 is 19.4 Å². The Bertz CT molecular complexity index is 308. The standard InChI is InChI=1S/C12H19NO4/c1-17-3-2-13(7-11(14)15)12(16)10-5-8-4-9(8)6-10/h8-10H,2-7H2,1H3,(H,14,15). The molecular formula is C12H19NO4. The lowest BCUT2D eigenvalue weighted by atomic mass is 10.0. The lowest BCUT2D eigenvalue weighted by molar-refractivity contribution is -0.146. The molecule has 2 rings (SSSR count). The largest absolute Gasteiger partial charge is 0.480 e. The molecule has 5 heteroatoms. The van der Waals surface area contributed by atoms with Crippen LogP contribution in [0.4, 0.5) is 0 Å². The number of nitrogens with zero attached hydrogens (tertiary/aromatic N) is 1. The smallest absolute Gasteiger partial charge is 0.323 e. The second kappa shape index (κ2) is 5.04. The number of ether oxygens (including phenoxy) is 1. The van der Waals surface area contributed by atoms with Crippen molar-refractivity contribution >= 4 is 11.9 Å². The minimum absolute atomic E-state index is 0.00310. The quantitative estimate of drug-likeness (QED) is 0.739. The molecule has 0 aliphatic heterocycles. The highest BCUT2D eigenvalue weighted by molar-refractivity contribution is 5.83. The van der Waals surface area contributed by atoms with E-state index in [-0.39, 0.29) is 18.4 Å². The zero-order chi connectivity index (χ0) is 12.4. The molecule has 0 aromatic rings. The fourth-order valence-electron chi connectivity index (χ4n) is 2.81. The monoisotopic (exact) mass is 241 g/mol. The molecule has 0 bridgehead atoms. The van der Waals surface area contributed by atoms with Crippen molar-refractivity contribution in [2.45, 2.75) is 19.3 Å². The van der Waals surface area contributed by atoms with Crippen LogP contribution in [-0.2, 0) is 14.3 Å². The maximum atomic E-state index is 12.2. The average molecular weight is 241 g/mol. The molecule has 2 saturated carbocycles. The highest BCUT2D eigenvalue weighted by atomic mass is 16.5. The third-order valence-corrected chi connectivity index (χ3v) is 3.80. The second-order valence-electron chi connectivity index (χ2n) is 5.07. The summed E-state index contributed by atoms with van der Waals surface area (Å²) in [4.78, 5) is 24.3. The molecule has 2 atom stereocenters. The van der Waals surface area contributed by atoms with Crippen LogP contribution in [0.2, 0.25) is 0 Å². The summed E-state index contributed by atoms with van der Waals surface area (Å²) in [6, 6.07) is 0. The molecule has 0 saturated heterocycles. The number of methoxy groups -OCH3 is 1. The van der Waals surface area contributed by atoms with Gasteiger partial charge in [0.2, 0.25) is 5.91 Å². The Hall–Kier alpha value is -1.10. The molecule has 1 amide bonds. The highest BCUT2D eigenvalue weighted by Gasteiger charge is 2.48. The van der Waals surface area contributed by atoms with Gasteiger partial charge in [0.15, 0.2) is 0 Å². The van der Waals surface area contributed by atoms with E-state index in [0.29, 0.717) is 13.2 Å². The third kappa shape index (κ3) is 2.97. The first-order valence-corrected chi connectivity index (χ1v) is 6.11. The van der Waals surface area contributed by atoms with Gasteiger partial charge in [0.25, 0.3) is 0 Å². The Balaban J connectivity index is 1.88. The molecule has 0 aromatic carbocycles. The van der Waals surface area contributed by atoms with E-state index < -0.39 is 5.97 Å². The fourth-order valence-corrected chi connectivity index (χ4v) is 2.81. The number of aliphatic carboxylic acids is 1. The molecule has 1 N–H and O–H groups in total. The number of carboxylic acids is 1. The summed E-state index contributed by atoms with van der Waals surface area (Å²) in [5, 5.41) is 8.80. The van der Waals surface area contributed by atoms with Gasteiger partial charge in [-0.25, -0.2) is 0 Å². The first-order valence-electron chi connectivity index (χ1n) is 6.11. The average Bonchev–Trinajstić information content (AvgIpc) is 2.90. The minimum atomic E-state index is -0.961. The molecule has 0 spiro atoms. The number of rotatable bonds is 6. The maximum absolute atomic E-state index is 12.2. The van der Waals surface area contributed by atoms with Gasteiger partial charge >= 0.3 is 5.97 Å². The Morgan fingerprint density at radius 1 is 1.29 bits per heavy atom. The minimum Gasteiger partial charge on any atom is -0.480 e. The Labute approximate surface area is 101 Å². The lowest BCUT2D eigenvalue weighted by Crippen LogP contribution is -2.41. The van der Waals surface area contributed by atoms with E-state index in [9.17, 15) is 9.59 Å². The predicted octanol–water partition coefficient (Wildman–Crippen LogP) is 0.592. The van der Waals surface area contributed by atoms with Gasteiger partial charge < -0.3 is 14.7 Å². The van der Waals surface area contributed by atoms with E-state index in [4.69, 9.17) is 9.84 Å². The lowest BCUT2D eigenvalue weighted by Gasteiger charge is -2.24. The molecule has 5 nitrogen and oxygen atoms in total. The first kappa shape index (κ1) is 12.4. The SMILES string of the molecule is COCCN(CC(=O)O)C(=O)C1CC2CC2C1. The molecule has 17 heavy (non-hydrogen) atoms. The van der Waals surface area contributed by atoms with Crippen LogP contribution in [0.3, 0.4) is 0 Å². The number of hydrogen-bond acceptors (Lipinski definition) is 3. The number of hydrogen-bond donors (Lipinski definition) is 1. The van der Waals surface area contributed by atoms with Crippen LogP contribution in [-0.4, -0.2) is 48.7 Å². The molecule has 2 aliphatic rings. The fraction of sp³-hybridized carbons (Fsp3) is 0.833. The van der Waals surface area contributed by atoms with Gasteiger partial charge in [-0.2, -0.15) is 0 Å². The van der Waals surface area contributed by atoms with Crippen molar-refractivity contribution in [1.82, 2.24) is 4.90 Å². The second-order valence-corrected chi connectivity index (χ2v) is 5.07. The summed E-state index contributed by atoms with van der Waals surface area (Å²) in [5.74, 6) is 0.556. The number of carbonyl (C=O) groups is 2. The van der Waals surface area contributed by atoms with Crippen molar-refractivity contribution in [2.75, 3.05) is 26.8 Å². The molecule has 0 radical (unpaired) electrons. The van der Waals surface area contributed by atoms with Gasteiger partial charge in [-0.15, -0.1) is 0 Å². The van der Waals surface area contributed by atoms with Gasteiger partial charge in [-0.1, -0.05) is 0 Å². The molecule has 2 unspecified atom stereocenters. The van der Waals surface area contributed by atoms with Crippen LogP contribution in [0.5, 0.6) is 0 Å². The molecule has 0 aromatic heterocycles. The van der Waals surface area contributed by atoms with Gasteiger partial charge in [-0.3, -0.25) is 9.59 Å². The van der Waals surface area contributed by atoms with E-state index in [1.807, 2.05) is 0 Å². The van der Waals surface area contributed by atoms with Crippen LogP contribution >= 0.6 is 0 Å². The van der Waals surface area contributed by atoms with E-state index in [2.05, 4.69) is 0 Å². The number of amides is 1. The van der Waals surface area contributed by atoms with Crippen molar-refractivity contribution in [3.8, 4) is 0 Å². The zero-order valence-corrected chi connectivity index (χ0v) is 10.1. The number of carbonyl (C=O) groups excluding carboxylic acids is 1. The van der Waals surface area contributed by atoms with E-state index >= 15 is 0 Å². The van der Waals surface area contributed by atoms with Crippen molar-refractivity contribution in [2.24, 2.45) is 17.8 Å². The summed E-state index contributed by atoms with van der Waals surface area (Å²) in [6.07, 6.45) is 3.17. The van der Waals surface area contributed by atoms with Crippen LogP contribution in [0.15, 0.2) is 0 Å². The van der Waals surface area contributed by atoms with Crippen LogP contribution < -0.4 is 0 Å². The van der Waals surface area contributed by atoms with E-state index in [1.165, 1.54) is 11.3 Å². The number of carboxylic acid groups (broad SMARTS) is 1. The van der Waals surface area contributed by atoms with Gasteiger partial charge in [0.1, 0.15) is 6.54 Å². The Morgan fingerprint density at radius 3 is 2.47 bits per heavy atom. The van der Waals surface area contributed by atoms with E-state index in [1.54, 1.807) is 7.11 Å². The van der Waals surface area contributed by atoms with Gasteiger partial charge in [0, 0.05) is 19.6 Å². The normalized spacial score (nSPS) is 29.8. The van der Waals surface area contributed by atoms with Crippen molar-refractivity contribution in [3.05, 3.63) is 0 Å². The number of fused-ring (bicyclic) bond motifs is 1. The molecule has 2 aliphatic carbocycles. The Morgan fingerprint density at radius 2 is 1.94 bits per heavy atom. The van der Waals surface area contributed by atoms with Crippen LogP contribution in [0.25, 0.3) is 0 Å². The van der Waals surface area contributed by atoms with Crippen LogP contribution in [0.1, 0.15) is 19.3 Å². The molecule has 96 valence electrons. The summed E-state index contributed by atoms with van der Waals surface area (Å²) in [6.45, 7) is 0.542. The predicted molar refractivity (Wildman–Crippen MR) is 60.4 cm³/mol. The maximum Gasteiger partial charge on any atom is 0.323 e. The summed E-state index contributed by atoms with van der Waals surface area (Å²) >= 11 is 0. The van der Waals surface area contributed by atoms with Crippen LogP contribution in [0, 0.1) is 17.8 Å². The van der Waals surface area contributed by atoms with Gasteiger partial charge in [-0.05, 0) is 31.1 Å². The summed E-state index contributed by atoms with van der Waals surface area (Å²) in [5.41, 5.74) is 0. The molecule has 2 fully saturated rings. The Kier molecular flexibility index (Phi) is 3.66. The van der Waals surface area contributed by atoms with Crippen molar-refractivity contribution in [1.29, 1.82) is 0 Å². The molecule has 0 heterocycles. The van der Waals surface area contributed by atoms with Crippen molar-refractivity contribution in [3.63, 3.8) is 0 Å². The summed E-state index contributed by atoms with van der Waals surface area (Å²) < 4.78 is 4.91. The first-order chi connectivity index (χ1) is 8.11. The summed E-state index contributed by atoms with van der Waals surface area (Å²) in [7, 11) is 1.55. The van der Waals surface area contributed by atoms with E-state index in [0.717, 1.165) is 24.7 Å². The zero-order valence-electron chi connectivity index (χ0n) is 10.1. The van der Waals surface area contributed by atoms with Gasteiger partial charge in [0.05, 0.1) is 6.61 Å². The topological polar surface area (TPSA) is 66.8 Å².